The number of hydrogen-bond donors (Lipinski definition) is 1. The Morgan fingerprint density at radius 3 is 2.32 bits per heavy atom. The molecule has 1 aromatic carbocycles. The number of carbonyl (C=O) groups excluding carboxylic acids is 1. The smallest absolute Gasteiger partial charge is 0.255 e. The Bertz CT molecular complexity index is 929. The molecule has 1 N–H and O–H groups in total. The highest BCUT2D eigenvalue weighted by molar-refractivity contribution is 5.94. The van der Waals surface area contributed by atoms with E-state index in [0.717, 1.165) is 23.5 Å². The zero-order chi connectivity index (χ0) is 20.1. The van der Waals surface area contributed by atoms with Crippen molar-refractivity contribution in [1.29, 1.82) is 0 Å². The van der Waals surface area contributed by atoms with Crippen molar-refractivity contribution in [1.82, 2.24) is 14.9 Å². The van der Waals surface area contributed by atoms with Gasteiger partial charge in [-0.05, 0) is 68.1 Å². The van der Waals surface area contributed by atoms with Crippen molar-refractivity contribution in [3.8, 4) is 0 Å². The molecule has 5 heteroatoms. The fourth-order valence-electron chi connectivity index (χ4n) is 3.27. The van der Waals surface area contributed by atoms with Crippen LogP contribution in [0, 0.1) is 20.8 Å². The standard InChI is InChI=1S/C23H26N4O/c1-16-13-17(2)22(18(3)14-16)26-21-6-5-20(15-25-21)23(28)27(4)12-9-19-7-10-24-11-8-19/h5-8,10-11,13-15H,9,12H2,1-4H3,(H,25,26). The number of rotatable bonds is 6. The zero-order valence-electron chi connectivity index (χ0n) is 16.9. The van der Waals surface area contributed by atoms with Crippen LogP contribution in [0.4, 0.5) is 11.5 Å². The summed E-state index contributed by atoms with van der Waals surface area (Å²) in [6.07, 6.45) is 5.96. The van der Waals surface area contributed by atoms with Crippen molar-refractivity contribution >= 4 is 17.4 Å². The van der Waals surface area contributed by atoms with E-state index >= 15 is 0 Å². The van der Waals surface area contributed by atoms with Crippen LogP contribution in [0.5, 0.6) is 0 Å². The first-order valence-electron chi connectivity index (χ1n) is 9.39. The van der Waals surface area contributed by atoms with E-state index in [9.17, 15) is 4.79 Å². The van der Waals surface area contributed by atoms with Crippen molar-refractivity contribution in [2.75, 3.05) is 18.9 Å². The molecule has 0 aliphatic rings. The molecule has 0 fully saturated rings. The predicted octanol–water partition coefficient (Wildman–Crippen LogP) is 4.46. The van der Waals surface area contributed by atoms with Gasteiger partial charge in [-0.1, -0.05) is 17.7 Å². The molecule has 3 aromatic rings. The molecule has 3 rings (SSSR count). The van der Waals surface area contributed by atoms with Crippen LogP contribution in [-0.2, 0) is 6.42 Å². The molecule has 1 amide bonds. The van der Waals surface area contributed by atoms with E-state index < -0.39 is 0 Å². The molecule has 0 aliphatic carbocycles. The Kier molecular flexibility index (Phi) is 6.04. The lowest BCUT2D eigenvalue weighted by Gasteiger charge is -2.17. The van der Waals surface area contributed by atoms with Crippen molar-refractivity contribution < 1.29 is 4.79 Å². The minimum atomic E-state index is -0.0317. The van der Waals surface area contributed by atoms with Crippen molar-refractivity contribution in [2.45, 2.75) is 27.2 Å². The molecule has 0 unspecified atom stereocenters. The number of likely N-dealkylation sites (N-methyl/N-ethyl adjacent to an activating group) is 1. The predicted molar refractivity (Wildman–Crippen MR) is 113 cm³/mol. The molecule has 0 aliphatic heterocycles. The van der Waals surface area contributed by atoms with Gasteiger partial charge in [-0.3, -0.25) is 9.78 Å². The lowest BCUT2D eigenvalue weighted by atomic mass is 10.1. The van der Waals surface area contributed by atoms with E-state index in [0.29, 0.717) is 12.1 Å². The van der Waals surface area contributed by atoms with Gasteiger partial charge < -0.3 is 10.2 Å². The number of carbonyl (C=O) groups is 1. The SMILES string of the molecule is Cc1cc(C)c(Nc2ccc(C(=O)N(C)CCc3ccncc3)cn2)c(C)c1. The average molecular weight is 374 g/mol. The number of benzene rings is 1. The van der Waals surface area contributed by atoms with Gasteiger partial charge in [-0.15, -0.1) is 0 Å². The molecule has 0 bridgehead atoms. The Balaban J connectivity index is 1.64. The number of aryl methyl sites for hydroxylation is 3. The summed E-state index contributed by atoms with van der Waals surface area (Å²) in [5, 5.41) is 3.37. The van der Waals surface area contributed by atoms with Crippen molar-refractivity contribution in [2.24, 2.45) is 0 Å². The second-order valence-electron chi connectivity index (χ2n) is 7.16. The Morgan fingerprint density at radius 1 is 1.04 bits per heavy atom. The zero-order valence-corrected chi connectivity index (χ0v) is 16.9. The molecule has 2 aromatic heterocycles. The largest absolute Gasteiger partial charge is 0.341 e. The molecule has 0 saturated heterocycles. The van der Waals surface area contributed by atoms with Crippen LogP contribution >= 0.6 is 0 Å². The van der Waals surface area contributed by atoms with Crippen LogP contribution in [0.15, 0.2) is 55.0 Å². The number of nitrogens with one attached hydrogen (secondary N) is 1. The molecule has 0 radical (unpaired) electrons. The van der Waals surface area contributed by atoms with Gasteiger partial charge in [-0.2, -0.15) is 0 Å². The molecular weight excluding hydrogens is 348 g/mol. The number of aromatic nitrogens is 2. The lowest BCUT2D eigenvalue weighted by molar-refractivity contribution is 0.0796. The summed E-state index contributed by atoms with van der Waals surface area (Å²) in [6, 6.07) is 11.9. The monoisotopic (exact) mass is 374 g/mol. The van der Waals surface area contributed by atoms with Gasteiger partial charge in [0.05, 0.1) is 5.56 Å². The number of hydrogen-bond acceptors (Lipinski definition) is 4. The number of nitrogens with zero attached hydrogens (tertiary/aromatic N) is 3. The van der Waals surface area contributed by atoms with Gasteiger partial charge in [0.15, 0.2) is 0 Å². The summed E-state index contributed by atoms with van der Waals surface area (Å²) >= 11 is 0. The van der Waals surface area contributed by atoms with E-state index in [-0.39, 0.29) is 5.91 Å². The maximum Gasteiger partial charge on any atom is 0.255 e. The van der Waals surface area contributed by atoms with Gasteiger partial charge in [-0.25, -0.2) is 4.98 Å². The highest BCUT2D eigenvalue weighted by atomic mass is 16.2. The van der Waals surface area contributed by atoms with Crippen LogP contribution in [0.2, 0.25) is 0 Å². The van der Waals surface area contributed by atoms with Gasteiger partial charge in [0, 0.05) is 37.9 Å². The second-order valence-corrected chi connectivity index (χ2v) is 7.16. The summed E-state index contributed by atoms with van der Waals surface area (Å²) in [5.41, 5.74) is 6.40. The highest BCUT2D eigenvalue weighted by Gasteiger charge is 2.12. The van der Waals surface area contributed by atoms with E-state index in [1.807, 2.05) is 31.3 Å². The third-order valence-corrected chi connectivity index (χ3v) is 4.77. The van der Waals surface area contributed by atoms with Crippen LogP contribution in [-0.4, -0.2) is 34.4 Å². The third-order valence-electron chi connectivity index (χ3n) is 4.77. The number of amides is 1. The van der Waals surface area contributed by atoms with Gasteiger partial charge in [0.2, 0.25) is 0 Å². The van der Waals surface area contributed by atoms with Crippen molar-refractivity contribution in [3.05, 3.63) is 82.8 Å². The van der Waals surface area contributed by atoms with Crippen LogP contribution in [0.25, 0.3) is 0 Å². The normalized spacial score (nSPS) is 10.6. The van der Waals surface area contributed by atoms with Gasteiger partial charge in [0.1, 0.15) is 5.82 Å². The number of anilines is 2. The van der Waals surface area contributed by atoms with Crippen LogP contribution < -0.4 is 5.32 Å². The fourth-order valence-corrected chi connectivity index (χ4v) is 3.27. The average Bonchev–Trinajstić information content (AvgIpc) is 2.69. The Labute approximate surface area is 166 Å². The molecular formula is C23H26N4O. The first-order chi connectivity index (χ1) is 13.4. The van der Waals surface area contributed by atoms with Gasteiger partial charge >= 0.3 is 0 Å². The van der Waals surface area contributed by atoms with Gasteiger partial charge in [0.25, 0.3) is 5.91 Å². The Hall–Kier alpha value is -3.21. The first-order valence-corrected chi connectivity index (χ1v) is 9.39. The summed E-state index contributed by atoms with van der Waals surface area (Å²) < 4.78 is 0. The highest BCUT2D eigenvalue weighted by Crippen LogP contribution is 2.25. The summed E-state index contributed by atoms with van der Waals surface area (Å²) in [7, 11) is 1.81. The molecule has 28 heavy (non-hydrogen) atoms. The molecule has 5 nitrogen and oxygen atoms in total. The molecule has 0 spiro atoms. The maximum absolute atomic E-state index is 12.6. The van der Waals surface area contributed by atoms with E-state index in [4.69, 9.17) is 0 Å². The van der Waals surface area contributed by atoms with Crippen molar-refractivity contribution in [3.63, 3.8) is 0 Å². The third kappa shape index (κ3) is 4.74. The second kappa shape index (κ2) is 8.65. The van der Waals surface area contributed by atoms with E-state index in [1.165, 1.54) is 16.7 Å². The molecule has 144 valence electrons. The Morgan fingerprint density at radius 2 is 1.71 bits per heavy atom. The summed E-state index contributed by atoms with van der Waals surface area (Å²) in [5.74, 6) is 0.696. The molecule has 0 atom stereocenters. The topological polar surface area (TPSA) is 58.1 Å². The molecule has 2 heterocycles. The van der Waals surface area contributed by atoms with Crippen LogP contribution in [0.3, 0.4) is 0 Å². The fraction of sp³-hybridized carbons (Fsp3) is 0.261. The van der Waals surface area contributed by atoms with Crippen LogP contribution in [0.1, 0.15) is 32.6 Å². The quantitative estimate of drug-likeness (QED) is 0.692. The molecule has 0 saturated carbocycles. The maximum atomic E-state index is 12.6. The number of pyridine rings is 2. The summed E-state index contributed by atoms with van der Waals surface area (Å²) in [4.78, 5) is 22.8. The van der Waals surface area contributed by atoms with E-state index in [2.05, 4.69) is 48.2 Å². The minimum absolute atomic E-state index is 0.0317. The minimum Gasteiger partial charge on any atom is -0.341 e. The van der Waals surface area contributed by atoms with E-state index in [1.54, 1.807) is 23.5 Å². The first kappa shape index (κ1) is 19.5. The summed E-state index contributed by atoms with van der Waals surface area (Å²) in [6.45, 7) is 6.90. The lowest BCUT2D eigenvalue weighted by Crippen LogP contribution is -2.28.